The summed E-state index contributed by atoms with van der Waals surface area (Å²) >= 11 is 0. The van der Waals surface area contributed by atoms with Crippen molar-refractivity contribution in [3.63, 3.8) is 0 Å². The van der Waals surface area contributed by atoms with Crippen LogP contribution in [0.15, 0.2) is 65.2 Å². The summed E-state index contributed by atoms with van der Waals surface area (Å²) in [5.74, 6) is -1.39. The number of phenolic OH excluding ortho intramolecular Hbond substituents is 2. The monoisotopic (exact) mass is 530 g/mol. The van der Waals surface area contributed by atoms with Gasteiger partial charge in [0.05, 0.1) is 11.1 Å². The molecular formula is C30H31FN4O4. The van der Waals surface area contributed by atoms with E-state index in [-0.39, 0.29) is 39.6 Å². The molecule has 0 aliphatic carbocycles. The van der Waals surface area contributed by atoms with Crippen molar-refractivity contribution in [3.8, 4) is 45.1 Å². The van der Waals surface area contributed by atoms with E-state index in [4.69, 9.17) is 4.52 Å². The van der Waals surface area contributed by atoms with Gasteiger partial charge in [0.1, 0.15) is 17.3 Å². The van der Waals surface area contributed by atoms with Crippen molar-refractivity contribution in [3.05, 3.63) is 77.7 Å². The number of aromatic nitrogens is 1. The Kier molecular flexibility index (Phi) is 7.63. The van der Waals surface area contributed by atoms with Gasteiger partial charge in [0.2, 0.25) is 0 Å². The Bertz CT molecular complexity index is 1480. The molecule has 1 amide bonds. The summed E-state index contributed by atoms with van der Waals surface area (Å²) in [5, 5.41) is 28.1. The molecule has 1 saturated heterocycles. The topological polar surface area (TPSA) is 102 Å². The van der Waals surface area contributed by atoms with Crippen LogP contribution < -0.4 is 5.32 Å². The number of phenols is 2. The Labute approximate surface area is 226 Å². The fourth-order valence-corrected chi connectivity index (χ4v) is 4.84. The van der Waals surface area contributed by atoms with Crippen molar-refractivity contribution in [2.24, 2.45) is 0 Å². The number of amides is 1. The predicted octanol–water partition coefficient (Wildman–Crippen LogP) is 4.72. The van der Waals surface area contributed by atoms with Crippen molar-refractivity contribution < 1.29 is 23.9 Å². The van der Waals surface area contributed by atoms with Gasteiger partial charge in [0, 0.05) is 56.5 Å². The summed E-state index contributed by atoms with van der Waals surface area (Å²) < 4.78 is 20.2. The van der Waals surface area contributed by atoms with Crippen LogP contribution in [-0.4, -0.2) is 70.8 Å². The number of nitrogens with zero attached hydrogens (tertiary/aromatic N) is 3. The lowest BCUT2D eigenvalue weighted by atomic mass is 9.94. The fraction of sp³-hybridized carbons (Fsp3) is 0.267. The molecule has 0 atom stereocenters. The minimum Gasteiger partial charge on any atom is -0.507 e. The molecule has 1 fully saturated rings. The first-order valence-corrected chi connectivity index (χ1v) is 12.9. The third-order valence-corrected chi connectivity index (χ3v) is 7.01. The van der Waals surface area contributed by atoms with E-state index in [1.807, 2.05) is 24.3 Å². The fourth-order valence-electron chi connectivity index (χ4n) is 4.84. The molecule has 2 heterocycles. The minimum atomic E-state index is -0.527. The Morgan fingerprint density at radius 2 is 1.67 bits per heavy atom. The van der Waals surface area contributed by atoms with Crippen molar-refractivity contribution in [1.29, 1.82) is 0 Å². The molecule has 9 heteroatoms. The van der Waals surface area contributed by atoms with Gasteiger partial charge in [0.15, 0.2) is 11.5 Å². The summed E-state index contributed by atoms with van der Waals surface area (Å²) in [5.41, 5.74) is 2.78. The Balaban J connectivity index is 1.56. The van der Waals surface area contributed by atoms with Gasteiger partial charge in [-0.25, -0.2) is 4.39 Å². The first-order chi connectivity index (χ1) is 18.9. The summed E-state index contributed by atoms with van der Waals surface area (Å²) in [6.45, 7) is 7.08. The lowest BCUT2D eigenvalue weighted by molar-refractivity contribution is 0.0947. The lowest BCUT2D eigenvalue weighted by Gasteiger charge is -2.32. The first-order valence-electron chi connectivity index (χ1n) is 12.9. The van der Waals surface area contributed by atoms with E-state index in [0.717, 1.165) is 44.4 Å². The van der Waals surface area contributed by atoms with Crippen molar-refractivity contribution in [1.82, 2.24) is 20.3 Å². The molecule has 0 radical (unpaired) electrons. The molecule has 3 aromatic carbocycles. The van der Waals surface area contributed by atoms with E-state index < -0.39 is 11.7 Å². The van der Waals surface area contributed by atoms with E-state index in [1.165, 1.54) is 18.2 Å². The number of carbonyl (C=O) groups excluding carboxylic acids is 1. The summed E-state index contributed by atoms with van der Waals surface area (Å²) in [4.78, 5) is 17.6. The normalized spacial score (nSPS) is 14.4. The molecule has 39 heavy (non-hydrogen) atoms. The number of aromatic hydroxyl groups is 2. The summed E-state index contributed by atoms with van der Waals surface area (Å²) in [6, 6.07) is 16.4. The number of benzene rings is 3. The molecule has 1 aliphatic heterocycles. The van der Waals surface area contributed by atoms with Crippen LogP contribution in [0.1, 0.15) is 23.0 Å². The number of hydrogen-bond acceptors (Lipinski definition) is 7. The van der Waals surface area contributed by atoms with Gasteiger partial charge in [-0.3, -0.25) is 9.69 Å². The molecular weight excluding hydrogens is 499 g/mol. The maximum atomic E-state index is 14.6. The number of halogens is 1. The number of likely N-dealkylation sites (N-methyl/N-ethyl adjacent to an activating group) is 1. The zero-order valence-electron chi connectivity index (χ0n) is 21.9. The molecule has 1 aliphatic rings. The van der Waals surface area contributed by atoms with Crippen molar-refractivity contribution in [2.75, 3.05) is 39.8 Å². The van der Waals surface area contributed by atoms with Gasteiger partial charge < -0.3 is 25.0 Å². The van der Waals surface area contributed by atoms with Crippen LogP contribution >= 0.6 is 0 Å². The molecule has 1 aromatic heterocycles. The second kappa shape index (κ2) is 11.3. The molecule has 3 N–H and O–H groups in total. The second-order valence-corrected chi connectivity index (χ2v) is 9.74. The minimum absolute atomic E-state index is 0.0681. The number of rotatable bonds is 7. The molecule has 202 valence electrons. The van der Waals surface area contributed by atoms with E-state index in [1.54, 1.807) is 19.1 Å². The molecule has 5 rings (SSSR count). The van der Waals surface area contributed by atoms with Gasteiger partial charge in [-0.15, -0.1) is 0 Å². The van der Waals surface area contributed by atoms with E-state index in [9.17, 15) is 19.4 Å². The predicted molar refractivity (Wildman–Crippen MR) is 147 cm³/mol. The summed E-state index contributed by atoms with van der Waals surface area (Å²) in [6.07, 6.45) is 0. The average Bonchev–Trinajstić information content (AvgIpc) is 3.36. The van der Waals surface area contributed by atoms with E-state index in [0.29, 0.717) is 17.7 Å². The SMILES string of the molecule is CCNC(=O)c1noc(-c2cc(-c3ccccc3F)c(O)cc2O)c1-c1ccc(CN2CCN(C)CC2)cc1. The average molecular weight is 531 g/mol. The third kappa shape index (κ3) is 5.50. The highest BCUT2D eigenvalue weighted by molar-refractivity contribution is 6.03. The number of carbonyl (C=O) groups is 1. The number of nitrogens with one attached hydrogen (secondary N) is 1. The molecule has 4 aromatic rings. The number of piperazine rings is 1. The highest BCUT2D eigenvalue weighted by Crippen LogP contribution is 2.44. The molecule has 0 unspecified atom stereocenters. The zero-order chi connectivity index (χ0) is 27.5. The largest absolute Gasteiger partial charge is 0.507 e. The van der Waals surface area contributed by atoms with Gasteiger partial charge in [-0.05, 0) is 37.2 Å². The van der Waals surface area contributed by atoms with E-state index in [2.05, 4.69) is 27.3 Å². The highest BCUT2D eigenvalue weighted by atomic mass is 19.1. The molecule has 0 bridgehead atoms. The van der Waals surface area contributed by atoms with Crippen LogP contribution in [0.3, 0.4) is 0 Å². The van der Waals surface area contributed by atoms with Gasteiger partial charge in [-0.1, -0.05) is 47.6 Å². The van der Waals surface area contributed by atoms with Gasteiger partial charge in [0.25, 0.3) is 5.91 Å². The van der Waals surface area contributed by atoms with Crippen LogP contribution in [0.25, 0.3) is 33.6 Å². The molecule has 8 nitrogen and oxygen atoms in total. The first kappa shape index (κ1) is 26.4. The highest BCUT2D eigenvalue weighted by Gasteiger charge is 2.27. The molecule has 0 spiro atoms. The van der Waals surface area contributed by atoms with Crippen LogP contribution in [0.5, 0.6) is 11.5 Å². The zero-order valence-corrected chi connectivity index (χ0v) is 21.9. The maximum absolute atomic E-state index is 14.6. The Morgan fingerprint density at radius 3 is 2.36 bits per heavy atom. The standard InChI is InChI=1S/C30H31FN4O4/c1-3-32-30(38)28-27(20-10-8-19(9-11-20)18-35-14-12-34(2)13-15-35)29(39-33-28)23-16-22(25(36)17-26(23)37)21-6-4-5-7-24(21)31/h4-11,16-17,36-37H,3,12-15,18H2,1-2H3,(H,32,38). The van der Waals surface area contributed by atoms with Crippen LogP contribution in [0.2, 0.25) is 0 Å². The third-order valence-electron chi connectivity index (χ3n) is 7.01. The van der Waals surface area contributed by atoms with Crippen LogP contribution in [0.4, 0.5) is 4.39 Å². The Hall–Kier alpha value is -4.21. The lowest BCUT2D eigenvalue weighted by Crippen LogP contribution is -2.43. The maximum Gasteiger partial charge on any atom is 0.274 e. The van der Waals surface area contributed by atoms with E-state index >= 15 is 0 Å². The second-order valence-electron chi connectivity index (χ2n) is 9.74. The van der Waals surface area contributed by atoms with Gasteiger partial charge >= 0.3 is 0 Å². The smallest absolute Gasteiger partial charge is 0.274 e. The number of hydrogen-bond donors (Lipinski definition) is 3. The van der Waals surface area contributed by atoms with Crippen molar-refractivity contribution in [2.45, 2.75) is 13.5 Å². The van der Waals surface area contributed by atoms with Crippen LogP contribution in [-0.2, 0) is 6.54 Å². The van der Waals surface area contributed by atoms with Crippen molar-refractivity contribution >= 4 is 5.91 Å². The quantitative estimate of drug-likeness (QED) is 0.318. The summed E-state index contributed by atoms with van der Waals surface area (Å²) in [7, 11) is 2.13. The van der Waals surface area contributed by atoms with Gasteiger partial charge in [-0.2, -0.15) is 0 Å². The molecule has 0 saturated carbocycles. The van der Waals surface area contributed by atoms with Crippen LogP contribution in [0, 0.1) is 5.82 Å². The Morgan fingerprint density at radius 1 is 0.974 bits per heavy atom.